The molecule has 4 nitrogen and oxygen atoms in total. The maximum Gasteiger partial charge on any atom is 0.160 e. The molecule has 0 fully saturated rings. The topological polar surface area (TPSA) is 47.9 Å². The van der Waals surface area contributed by atoms with Gasteiger partial charge in [0.2, 0.25) is 0 Å². The molecular weight excluding hydrogens is 328 g/mol. The van der Waals surface area contributed by atoms with E-state index in [4.69, 9.17) is 29.3 Å². The Morgan fingerprint density at radius 1 is 1.08 bits per heavy atom. The van der Waals surface area contributed by atoms with Gasteiger partial charge in [0.25, 0.3) is 0 Å². The third kappa shape index (κ3) is 5.95. The lowest BCUT2D eigenvalue weighted by molar-refractivity contribution is 0.0976. The van der Waals surface area contributed by atoms with Crippen LogP contribution in [-0.4, -0.2) is 32.0 Å². The fourth-order valence-corrected chi connectivity index (χ4v) is 2.12. The number of hydrogen-bond acceptors (Lipinski definition) is 4. The Bertz CT molecular complexity index is 1120. The second-order valence-electron chi connectivity index (χ2n) is 5.66. The maximum atomic E-state index is 10.4. The zero-order chi connectivity index (χ0) is 28.5. The van der Waals surface area contributed by atoms with Gasteiger partial charge in [-0.25, -0.2) is 0 Å². The summed E-state index contributed by atoms with van der Waals surface area (Å²) >= 11 is 0. The Morgan fingerprint density at radius 3 is 2.69 bits per heavy atom. The zero-order valence-electron chi connectivity index (χ0n) is 26.1. The average Bonchev–Trinajstić information content (AvgIpc) is 2.81. The zero-order valence-corrected chi connectivity index (χ0v) is 15.1. The van der Waals surface area contributed by atoms with Crippen molar-refractivity contribution in [2.24, 2.45) is 0 Å². The Kier molecular flexibility index (Phi) is 3.74. The minimum Gasteiger partial charge on any atom is -0.493 e. The van der Waals surface area contributed by atoms with E-state index in [0.717, 1.165) is 0 Å². The minimum atomic E-state index is -2.92. The molecule has 0 radical (unpaired) electrons. The summed E-state index contributed by atoms with van der Waals surface area (Å²) in [5.74, 6) is -1.08. The number of aliphatic hydroxyl groups excluding tert-OH is 1. The van der Waals surface area contributed by atoms with Crippen LogP contribution in [0, 0.1) is 13.8 Å². The van der Waals surface area contributed by atoms with Crippen molar-refractivity contribution in [2.45, 2.75) is 45.6 Å². The molecule has 1 N–H and O–H groups in total. The van der Waals surface area contributed by atoms with Gasteiger partial charge in [-0.1, -0.05) is 18.5 Å². The van der Waals surface area contributed by atoms with Crippen molar-refractivity contribution in [1.29, 1.82) is 0 Å². The number of benzene rings is 2. The Morgan fingerprint density at radius 2 is 1.92 bits per heavy atom. The van der Waals surface area contributed by atoms with E-state index < -0.39 is 44.0 Å². The molecule has 0 spiro atoms. The van der Waals surface area contributed by atoms with Crippen LogP contribution in [0.3, 0.4) is 0 Å². The highest BCUT2D eigenvalue weighted by Gasteiger charge is 2.07. The Balaban J connectivity index is 2.14. The van der Waals surface area contributed by atoms with Gasteiger partial charge in [-0.15, -0.1) is 0 Å². The van der Waals surface area contributed by atoms with E-state index in [0.29, 0.717) is 11.1 Å². The van der Waals surface area contributed by atoms with E-state index in [9.17, 15) is 5.11 Å². The number of rotatable bonds is 10. The summed E-state index contributed by atoms with van der Waals surface area (Å²) in [5.41, 5.74) is 0.952. The highest BCUT2D eigenvalue weighted by Crippen LogP contribution is 2.28. The van der Waals surface area contributed by atoms with Crippen LogP contribution in [-0.2, 0) is 6.42 Å². The van der Waals surface area contributed by atoms with Gasteiger partial charge in [0.05, 0.1) is 32.6 Å². The van der Waals surface area contributed by atoms with Gasteiger partial charge in [-0.2, -0.15) is 0 Å². The normalized spacial score (nSPS) is 19.0. The minimum absolute atomic E-state index is 0.0336. The van der Waals surface area contributed by atoms with E-state index in [1.807, 2.05) is 0 Å². The molecule has 0 amide bonds. The third-order valence-corrected chi connectivity index (χ3v) is 3.70. The molecule has 4 heteroatoms. The Labute approximate surface area is 172 Å². The van der Waals surface area contributed by atoms with Crippen molar-refractivity contribution in [2.75, 3.05) is 20.8 Å². The number of hydrogen-bond donors (Lipinski definition) is 1. The fraction of sp³-hybridized carbons (Fsp3) is 0.455. The predicted molar refractivity (Wildman–Crippen MR) is 105 cm³/mol. The molecule has 26 heavy (non-hydrogen) atoms. The first-order valence-electron chi connectivity index (χ1n) is 13.7. The molecule has 0 saturated heterocycles. The second-order valence-corrected chi connectivity index (χ2v) is 5.66. The first-order chi connectivity index (χ1) is 16.9. The summed E-state index contributed by atoms with van der Waals surface area (Å²) in [6.07, 6.45) is -4.04. The van der Waals surface area contributed by atoms with E-state index >= 15 is 0 Å². The van der Waals surface area contributed by atoms with Crippen LogP contribution in [0.25, 0.3) is 0 Å². The largest absolute Gasteiger partial charge is 0.493 e. The lowest BCUT2D eigenvalue weighted by Crippen LogP contribution is -2.17. The van der Waals surface area contributed by atoms with Crippen molar-refractivity contribution in [3.63, 3.8) is 0 Å². The van der Waals surface area contributed by atoms with Crippen LogP contribution in [0.1, 0.15) is 51.0 Å². The van der Waals surface area contributed by atoms with Crippen molar-refractivity contribution in [3.05, 3.63) is 52.9 Å². The summed E-state index contributed by atoms with van der Waals surface area (Å²) in [6, 6.07) is -1.91. The highest BCUT2D eigenvalue weighted by atomic mass is 16.5. The van der Waals surface area contributed by atoms with Crippen molar-refractivity contribution in [1.82, 2.24) is 0 Å². The smallest absolute Gasteiger partial charge is 0.160 e. The van der Waals surface area contributed by atoms with Crippen molar-refractivity contribution in [3.8, 4) is 17.2 Å². The first-order valence-corrected chi connectivity index (χ1v) is 8.18. The fourth-order valence-electron chi connectivity index (χ4n) is 2.12. The number of aliphatic hydroxyl groups is 1. The molecule has 1 atom stereocenters. The highest BCUT2D eigenvalue weighted by molar-refractivity contribution is 5.42. The summed E-state index contributed by atoms with van der Waals surface area (Å²) in [7, 11) is -1.75. The van der Waals surface area contributed by atoms with Gasteiger partial charge in [0.15, 0.2) is 11.5 Å². The van der Waals surface area contributed by atoms with Gasteiger partial charge in [0.1, 0.15) is 12.4 Å². The molecule has 0 heterocycles. The average molecular weight is 370 g/mol. The third-order valence-electron chi connectivity index (χ3n) is 3.70. The summed E-state index contributed by atoms with van der Waals surface area (Å²) in [6.45, 7) is 2.66. The van der Waals surface area contributed by atoms with Crippen LogP contribution in [0.2, 0.25) is 0 Å². The molecule has 0 bridgehead atoms. The maximum absolute atomic E-state index is 10.4. The molecular formula is C22H30O4. The SMILES string of the molecule is [2H]c1c([2H])c(OCC(O)C([2H])([2H])CCCc2c([2H])c([2H])c(OC([2H])([2H])[2H])c(OC)c2[2H])c([2H])c(C)c1C. The quantitative estimate of drug-likeness (QED) is 0.671. The van der Waals surface area contributed by atoms with E-state index in [-0.39, 0.29) is 60.5 Å². The number of ether oxygens (including phenoxy) is 3. The summed E-state index contributed by atoms with van der Waals surface area (Å²) in [5, 5.41) is 10.4. The number of methoxy groups -OCH3 is 2. The van der Waals surface area contributed by atoms with E-state index in [1.54, 1.807) is 13.8 Å². The lowest BCUT2D eigenvalue weighted by atomic mass is 10.0. The van der Waals surface area contributed by atoms with Crippen molar-refractivity contribution < 1.29 is 34.4 Å². The standard InChI is InChI=1S/C22H30O4/c1-16-9-11-20(13-17(16)2)26-15-19(23)8-6-5-7-18-10-12-21(24-3)22(14-18)25-4/h9-14,19,23H,5-8,15H2,1-4H3/i3D3,8D2,9D,10D,11D,12D,13D,14D. The predicted octanol–water partition coefficient (Wildman–Crippen LogP) is 4.47. The molecule has 142 valence electrons. The molecule has 2 aromatic carbocycles. The first kappa shape index (κ1) is 9.65. The molecule has 1 unspecified atom stereocenters. The van der Waals surface area contributed by atoms with Crippen LogP contribution in [0.4, 0.5) is 0 Å². The van der Waals surface area contributed by atoms with Crippen LogP contribution in [0.15, 0.2) is 36.3 Å². The molecule has 0 saturated carbocycles. The monoisotopic (exact) mass is 369 g/mol. The van der Waals surface area contributed by atoms with Crippen molar-refractivity contribution >= 4 is 0 Å². The van der Waals surface area contributed by atoms with Crippen LogP contribution >= 0.6 is 0 Å². The second kappa shape index (κ2) is 10.1. The summed E-state index contributed by atoms with van der Waals surface area (Å²) in [4.78, 5) is 0. The van der Waals surface area contributed by atoms with Gasteiger partial charge in [-0.3, -0.25) is 0 Å². The van der Waals surface area contributed by atoms with E-state index in [2.05, 4.69) is 0 Å². The Hall–Kier alpha value is -2.20. The van der Waals surface area contributed by atoms with Crippen LogP contribution < -0.4 is 14.2 Å². The van der Waals surface area contributed by atoms with Gasteiger partial charge < -0.3 is 19.3 Å². The van der Waals surface area contributed by atoms with E-state index in [1.165, 1.54) is 7.11 Å². The van der Waals surface area contributed by atoms with Gasteiger partial charge >= 0.3 is 0 Å². The molecule has 2 rings (SSSR count). The molecule has 0 aliphatic rings. The molecule has 0 aliphatic carbocycles. The van der Waals surface area contributed by atoms with Gasteiger partial charge in [-0.05, 0) is 73.9 Å². The van der Waals surface area contributed by atoms with Gasteiger partial charge in [0, 0.05) is 2.74 Å². The molecule has 0 aliphatic heterocycles. The molecule has 2 aromatic rings. The van der Waals surface area contributed by atoms with Crippen LogP contribution in [0.5, 0.6) is 17.2 Å². The lowest BCUT2D eigenvalue weighted by Gasteiger charge is -2.13. The molecule has 0 aromatic heterocycles. The summed E-state index contributed by atoms with van der Waals surface area (Å²) < 4.78 is 102.